The van der Waals surface area contributed by atoms with Crippen molar-refractivity contribution in [1.29, 1.82) is 0 Å². The maximum atomic E-state index is 12.1. The molecule has 0 unspecified atom stereocenters. The Morgan fingerprint density at radius 2 is 1.94 bits per heavy atom. The number of hydrogen-bond donors (Lipinski definition) is 1. The normalized spacial score (nSPS) is 31.2. The molecule has 2 saturated carbocycles. The van der Waals surface area contributed by atoms with Gasteiger partial charge in [-0.1, -0.05) is 19.3 Å². The van der Waals surface area contributed by atoms with Gasteiger partial charge < -0.3 is 10.1 Å². The maximum absolute atomic E-state index is 12.1. The highest BCUT2D eigenvalue weighted by molar-refractivity contribution is 5.77. The van der Waals surface area contributed by atoms with Crippen molar-refractivity contribution in [3.8, 4) is 0 Å². The van der Waals surface area contributed by atoms with Crippen molar-refractivity contribution in [2.45, 2.75) is 63.3 Å². The molecule has 1 aliphatic heterocycles. The summed E-state index contributed by atoms with van der Waals surface area (Å²) in [7, 11) is 0. The highest BCUT2D eigenvalue weighted by atomic mass is 16.5. The Bertz CT molecular complexity index is 300. The molecule has 1 atom stereocenters. The smallest absolute Gasteiger partial charge is 0.220 e. The van der Waals surface area contributed by atoms with Crippen LogP contribution in [0.5, 0.6) is 0 Å². The molecule has 0 aromatic rings. The third-order valence-corrected chi connectivity index (χ3v) is 5.06. The zero-order valence-electron chi connectivity index (χ0n) is 11.2. The van der Waals surface area contributed by atoms with Gasteiger partial charge in [-0.15, -0.1) is 0 Å². The lowest BCUT2D eigenvalue weighted by molar-refractivity contribution is -0.123. The molecule has 3 fully saturated rings. The van der Waals surface area contributed by atoms with Crippen molar-refractivity contribution < 1.29 is 9.53 Å². The highest BCUT2D eigenvalue weighted by Crippen LogP contribution is 2.48. The Balaban J connectivity index is 1.49. The van der Waals surface area contributed by atoms with Crippen LogP contribution in [-0.4, -0.2) is 24.7 Å². The molecule has 1 amide bonds. The molecule has 0 aromatic carbocycles. The molecule has 2 aliphatic carbocycles. The molecule has 3 aliphatic rings. The summed E-state index contributed by atoms with van der Waals surface area (Å²) in [5.41, 5.74) is 0.205. The van der Waals surface area contributed by atoms with Gasteiger partial charge in [-0.25, -0.2) is 0 Å². The minimum Gasteiger partial charge on any atom is -0.381 e. The van der Waals surface area contributed by atoms with Gasteiger partial charge in [0.25, 0.3) is 0 Å². The van der Waals surface area contributed by atoms with Crippen molar-refractivity contribution in [2.24, 2.45) is 11.8 Å². The molecular formula is C15H25NO2. The average Bonchev–Trinajstić information content (AvgIpc) is 2.98. The van der Waals surface area contributed by atoms with Crippen LogP contribution in [0, 0.1) is 11.8 Å². The third-order valence-electron chi connectivity index (χ3n) is 5.06. The number of rotatable bonds is 4. The van der Waals surface area contributed by atoms with E-state index in [9.17, 15) is 4.79 Å². The number of nitrogens with one attached hydrogen (secondary N) is 1. The van der Waals surface area contributed by atoms with Crippen LogP contribution in [0.1, 0.15) is 57.8 Å². The first-order valence-electron chi connectivity index (χ1n) is 7.67. The zero-order valence-corrected chi connectivity index (χ0v) is 11.2. The van der Waals surface area contributed by atoms with Gasteiger partial charge >= 0.3 is 0 Å². The van der Waals surface area contributed by atoms with Crippen molar-refractivity contribution in [2.75, 3.05) is 13.2 Å². The van der Waals surface area contributed by atoms with E-state index in [2.05, 4.69) is 5.32 Å². The zero-order chi connectivity index (χ0) is 12.4. The predicted molar refractivity (Wildman–Crippen MR) is 70.2 cm³/mol. The van der Waals surface area contributed by atoms with E-state index >= 15 is 0 Å². The molecule has 1 saturated heterocycles. The fraction of sp³-hybridized carbons (Fsp3) is 0.933. The summed E-state index contributed by atoms with van der Waals surface area (Å²) in [6.45, 7) is 1.62. The van der Waals surface area contributed by atoms with Crippen molar-refractivity contribution in [1.82, 2.24) is 5.32 Å². The number of carbonyl (C=O) groups excluding carboxylic acids is 1. The topological polar surface area (TPSA) is 38.3 Å². The lowest BCUT2D eigenvalue weighted by atomic mass is 9.82. The Labute approximate surface area is 110 Å². The minimum atomic E-state index is 0.205. The van der Waals surface area contributed by atoms with Crippen LogP contribution >= 0.6 is 0 Å². The summed E-state index contributed by atoms with van der Waals surface area (Å²) in [5.74, 6) is 1.50. The highest BCUT2D eigenvalue weighted by Gasteiger charge is 2.50. The summed E-state index contributed by atoms with van der Waals surface area (Å²) in [4.78, 5) is 12.1. The molecule has 3 heteroatoms. The molecule has 3 nitrogen and oxygen atoms in total. The first kappa shape index (κ1) is 12.5. The fourth-order valence-corrected chi connectivity index (χ4v) is 3.76. The van der Waals surface area contributed by atoms with E-state index in [0.717, 1.165) is 25.6 Å². The van der Waals surface area contributed by atoms with Crippen LogP contribution in [0.15, 0.2) is 0 Å². The van der Waals surface area contributed by atoms with E-state index in [1.54, 1.807) is 0 Å². The number of ether oxygens (including phenoxy) is 1. The molecule has 0 bridgehead atoms. The Kier molecular flexibility index (Phi) is 3.60. The van der Waals surface area contributed by atoms with E-state index in [1.165, 1.54) is 44.9 Å². The SMILES string of the molecule is O=C(C[C@H]1CCOC1)NC1(C2CCCCC2)CC1. The lowest BCUT2D eigenvalue weighted by Crippen LogP contribution is -2.43. The molecule has 1 N–H and O–H groups in total. The van der Waals surface area contributed by atoms with Crippen molar-refractivity contribution >= 4 is 5.91 Å². The van der Waals surface area contributed by atoms with Gasteiger partial charge in [-0.05, 0) is 43.9 Å². The summed E-state index contributed by atoms with van der Waals surface area (Å²) in [6.07, 6.45) is 10.9. The molecule has 0 radical (unpaired) electrons. The van der Waals surface area contributed by atoms with E-state index in [0.29, 0.717) is 12.3 Å². The van der Waals surface area contributed by atoms with Gasteiger partial charge in [0.05, 0.1) is 0 Å². The van der Waals surface area contributed by atoms with E-state index in [1.807, 2.05) is 0 Å². The minimum absolute atomic E-state index is 0.205. The largest absolute Gasteiger partial charge is 0.381 e. The number of amides is 1. The van der Waals surface area contributed by atoms with Crippen LogP contribution in [-0.2, 0) is 9.53 Å². The van der Waals surface area contributed by atoms with Crippen molar-refractivity contribution in [3.63, 3.8) is 0 Å². The molecule has 0 aromatic heterocycles. The third kappa shape index (κ3) is 2.71. The van der Waals surface area contributed by atoms with Gasteiger partial charge in [0, 0.05) is 25.2 Å². The summed E-state index contributed by atoms with van der Waals surface area (Å²) < 4.78 is 5.34. The van der Waals surface area contributed by atoms with Crippen LogP contribution in [0.2, 0.25) is 0 Å². The molecule has 3 rings (SSSR count). The first-order chi connectivity index (χ1) is 8.78. The van der Waals surface area contributed by atoms with Crippen LogP contribution < -0.4 is 5.32 Å². The summed E-state index contributed by atoms with van der Waals surface area (Å²) >= 11 is 0. The van der Waals surface area contributed by atoms with Gasteiger partial charge in [-0.3, -0.25) is 4.79 Å². The Hall–Kier alpha value is -0.570. The average molecular weight is 251 g/mol. The molecule has 0 spiro atoms. The maximum Gasteiger partial charge on any atom is 0.220 e. The van der Waals surface area contributed by atoms with Crippen LogP contribution in [0.25, 0.3) is 0 Å². The summed E-state index contributed by atoms with van der Waals surface area (Å²) in [6, 6.07) is 0. The van der Waals surface area contributed by atoms with Crippen LogP contribution in [0.4, 0.5) is 0 Å². The van der Waals surface area contributed by atoms with E-state index in [4.69, 9.17) is 4.74 Å². The second-order valence-corrected chi connectivity index (χ2v) is 6.47. The Morgan fingerprint density at radius 3 is 2.56 bits per heavy atom. The standard InChI is InChI=1S/C15H25NO2/c17-14(10-12-6-9-18-11-12)16-15(7-8-15)13-4-2-1-3-5-13/h12-13H,1-11H2,(H,16,17)/t12-/m1/s1. The summed E-state index contributed by atoms with van der Waals surface area (Å²) in [5, 5.41) is 3.37. The molecule has 102 valence electrons. The van der Waals surface area contributed by atoms with Crippen molar-refractivity contribution in [3.05, 3.63) is 0 Å². The van der Waals surface area contributed by atoms with Crippen LogP contribution in [0.3, 0.4) is 0 Å². The quantitative estimate of drug-likeness (QED) is 0.834. The van der Waals surface area contributed by atoms with Gasteiger partial charge in [0.1, 0.15) is 0 Å². The monoisotopic (exact) mass is 251 g/mol. The van der Waals surface area contributed by atoms with Gasteiger partial charge in [0.2, 0.25) is 5.91 Å². The molecule has 18 heavy (non-hydrogen) atoms. The fourth-order valence-electron chi connectivity index (χ4n) is 3.76. The van der Waals surface area contributed by atoms with E-state index < -0.39 is 0 Å². The molecule has 1 heterocycles. The van der Waals surface area contributed by atoms with Gasteiger partial charge in [-0.2, -0.15) is 0 Å². The first-order valence-corrected chi connectivity index (χ1v) is 7.67. The van der Waals surface area contributed by atoms with E-state index in [-0.39, 0.29) is 11.4 Å². The number of carbonyl (C=O) groups is 1. The van der Waals surface area contributed by atoms with Gasteiger partial charge in [0.15, 0.2) is 0 Å². The molecular weight excluding hydrogens is 226 g/mol. The lowest BCUT2D eigenvalue weighted by Gasteiger charge is -2.31. The Morgan fingerprint density at radius 1 is 1.17 bits per heavy atom. The second-order valence-electron chi connectivity index (χ2n) is 6.47. The predicted octanol–water partition coefficient (Wildman–Crippen LogP) is 2.64. The second kappa shape index (κ2) is 5.20. The number of hydrogen-bond acceptors (Lipinski definition) is 2.